The SMILES string of the molecule is CCCCCC(=O)NC(C(=O)O)C(C)c1ccccc1. The molecule has 0 aliphatic rings. The summed E-state index contributed by atoms with van der Waals surface area (Å²) in [5.74, 6) is -1.44. The largest absolute Gasteiger partial charge is 0.480 e. The smallest absolute Gasteiger partial charge is 0.326 e. The van der Waals surface area contributed by atoms with E-state index in [2.05, 4.69) is 12.2 Å². The molecule has 1 aromatic carbocycles. The van der Waals surface area contributed by atoms with Gasteiger partial charge in [-0.1, -0.05) is 57.0 Å². The van der Waals surface area contributed by atoms with Gasteiger partial charge in [-0.3, -0.25) is 4.79 Å². The Morgan fingerprint density at radius 1 is 1.20 bits per heavy atom. The number of benzene rings is 1. The summed E-state index contributed by atoms with van der Waals surface area (Å²) < 4.78 is 0. The van der Waals surface area contributed by atoms with Gasteiger partial charge in [0.2, 0.25) is 5.91 Å². The second kappa shape index (κ2) is 8.35. The number of rotatable bonds is 8. The number of hydrogen-bond donors (Lipinski definition) is 2. The molecule has 0 aliphatic heterocycles. The molecule has 0 heterocycles. The minimum absolute atomic E-state index is 0.186. The van der Waals surface area contributed by atoms with Gasteiger partial charge in [-0.2, -0.15) is 0 Å². The lowest BCUT2D eigenvalue weighted by Gasteiger charge is -2.21. The van der Waals surface area contributed by atoms with Gasteiger partial charge < -0.3 is 10.4 Å². The van der Waals surface area contributed by atoms with E-state index in [4.69, 9.17) is 0 Å². The van der Waals surface area contributed by atoms with Crippen molar-refractivity contribution in [2.75, 3.05) is 0 Å². The van der Waals surface area contributed by atoms with Crippen LogP contribution in [0.5, 0.6) is 0 Å². The Morgan fingerprint density at radius 3 is 2.40 bits per heavy atom. The van der Waals surface area contributed by atoms with Crippen molar-refractivity contribution in [2.45, 2.75) is 51.5 Å². The maximum absolute atomic E-state index is 11.8. The summed E-state index contributed by atoms with van der Waals surface area (Å²) in [6, 6.07) is 8.50. The number of carboxylic acids is 1. The Bertz CT molecular complexity index is 431. The first-order chi connectivity index (χ1) is 9.56. The molecule has 20 heavy (non-hydrogen) atoms. The fourth-order valence-corrected chi connectivity index (χ4v) is 2.13. The molecule has 4 heteroatoms. The average Bonchev–Trinajstić information content (AvgIpc) is 2.45. The number of nitrogens with one attached hydrogen (secondary N) is 1. The van der Waals surface area contributed by atoms with Crippen molar-refractivity contribution in [3.63, 3.8) is 0 Å². The zero-order valence-corrected chi connectivity index (χ0v) is 12.1. The molecule has 2 N–H and O–H groups in total. The van der Waals surface area contributed by atoms with Gasteiger partial charge in [0.1, 0.15) is 6.04 Å². The van der Waals surface area contributed by atoms with Gasteiger partial charge in [-0.05, 0) is 12.0 Å². The first-order valence-corrected chi connectivity index (χ1v) is 7.13. The Kier molecular flexibility index (Phi) is 6.77. The molecule has 0 spiro atoms. The van der Waals surface area contributed by atoms with Gasteiger partial charge in [0.25, 0.3) is 0 Å². The summed E-state index contributed by atoms with van der Waals surface area (Å²) in [6.07, 6.45) is 3.21. The number of aliphatic carboxylic acids is 1. The van der Waals surface area contributed by atoms with E-state index in [1.807, 2.05) is 37.3 Å². The van der Waals surface area contributed by atoms with Crippen LogP contribution in [0.4, 0.5) is 0 Å². The van der Waals surface area contributed by atoms with Crippen LogP contribution in [0, 0.1) is 0 Å². The third-order valence-corrected chi connectivity index (χ3v) is 3.42. The summed E-state index contributed by atoms with van der Waals surface area (Å²) in [4.78, 5) is 23.2. The van der Waals surface area contributed by atoms with Crippen molar-refractivity contribution in [1.82, 2.24) is 5.32 Å². The minimum Gasteiger partial charge on any atom is -0.480 e. The number of hydrogen-bond acceptors (Lipinski definition) is 2. The fraction of sp³-hybridized carbons (Fsp3) is 0.500. The highest BCUT2D eigenvalue weighted by Gasteiger charge is 2.27. The lowest BCUT2D eigenvalue weighted by Crippen LogP contribution is -2.44. The molecule has 1 rings (SSSR count). The molecule has 2 unspecified atom stereocenters. The quantitative estimate of drug-likeness (QED) is 0.718. The predicted octanol–water partition coefficient (Wildman–Crippen LogP) is 2.94. The molecule has 0 fully saturated rings. The first-order valence-electron chi connectivity index (χ1n) is 7.13. The van der Waals surface area contributed by atoms with E-state index < -0.39 is 12.0 Å². The van der Waals surface area contributed by atoms with Crippen LogP contribution in [0.25, 0.3) is 0 Å². The number of unbranched alkanes of at least 4 members (excludes halogenated alkanes) is 2. The van der Waals surface area contributed by atoms with Crippen molar-refractivity contribution in [3.05, 3.63) is 35.9 Å². The van der Waals surface area contributed by atoms with Gasteiger partial charge in [0.15, 0.2) is 0 Å². The second-order valence-corrected chi connectivity index (χ2v) is 5.04. The second-order valence-electron chi connectivity index (χ2n) is 5.04. The highest BCUT2D eigenvalue weighted by atomic mass is 16.4. The van der Waals surface area contributed by atoms with Crippen LogP contribution in [0.2, 0.25) is 0 Å². The molecule has 1 aromatic rings. The molecule has 0 radical (unpaired) electrons. The zero-order chi connectivity index (χ0) is 15.0. The minimum atomic E-state index is -0.995. The maximum Gasteiger partial charge on any atom is 0.326 e. The number of amides is 1. The van der Waals surface area contributed by atoms with Gasteiger partial charge in [-0.25, -0.2) is 4.79 Å². The van der Waals surface area contributed by atoms with E-state index in [0.29, 0.717) is 6.42 Å². The van der Waals surface area contributed by atoms with Crippen molar-refractivity contribution < 1.29 is 14.7 Å². The van der Waals surface area contributed by atoms with Crippen molar-refractivity contribution in [3.8, 4) is 0 Å². The predicted molar refractivity (Wildman–Crippen MR) is 78.6 cm³/mol. The molecule has 110 valence electrons. The number of carbonyl (C=O) groups excluding carboxylic acids is 1. The van der Waals surface area contributed by atoms with E-state index in [1.165, 1.54) is 0 Å². The molecule has 0 bridgehead atoms. The van der Waals surface area contributed by atoms with E-state index in [0.717, 1.165) is 24.8 Å². The average molecular weight is 277 g/mol. The number of carboxylic acid groups (broad SMARTS) is 1. The normalized spacial score (nSPS) is 13.5. The van der Waals surface area contributed by atoms with E-state index in [-0.39, 0.29) is 11.8 Å². The summed E-state index contributed by atoms with van der Waals surface area (Å²) in [5.41, 5.74) is 0.911. The standard InChI is InChI=1S/C16H23NO3/c1-3-4-6-11-14(18)17-15(16(19)20)12(2)13-9-7-5-8-10-13/h5,7-10,12,15H,3-4,6,11H2,1-2H3,(H,17,18)(H,19,20). The lowest BCUT2D eigenvalue weighted by molar-refractivity contribution is -0.142. The first kappa shape index (κ1) is 16.2. The van der Waals surface area contributed by atoms with Crippen LogP contribution < -0.4 is 5.32 Å². The van der Waals surface area contributed by atoms with Gasteiger partial charge >= 0.3 is 5.97 Å². The van der Waals surface area contributed by atoms with Crippen LogP contribution >= 0.6 is 0 Å². The summed E-state index contributed by atoms with van der Waals surface area (Å²) in [7, 11) is 0. The monoisotopic (exact) mass is 277 g/mol. The van der Waals surface area contributed by atoms with Crippen LogP contribution in [-0.4, -0.2) is 23.0 Å². The van der Waals surface area contributed by atoms with Crippen LogP contribution in [0.1, 0.15) is 51.0 Å². The lowest BCUT2D eigenvalue weighted by atomic mass is 9.93. The third-order valence-electron chi connectivity index (χ3n) is 3.42. The molecule has 2 atom stereocenters. The van der Waals surface area contributed by atoms with Gasteiger partial charge in [0.05, 0.1) is 0 Å². The topological polar surface area (TPSA) is 66.4 Å². The molecular weight excluding hydrogens is 254 g/mol. The molecule has 0 saturated carbocycles. The Morgan fingerprint density at radius 2 is 1.85 bits per heavy atom. The highest BCUT2D eigenvalue weighted by molar-refractivity contribution is 5.84. The summed E-state index contributed by atoms with van der Waals surface area (Å²) in [6.45, 7) is 3.88. The third kappa shape index (κ3) is 5.03. The van der Waals surface area contributed by atoms with Crippen LogP contribution in [0.15, 0.2) is 30.3 Å². The Balaban J connectivity index is 2.65. The molecule has 0 aromatic heterocycles. The van der Waals surface area contributed by atoms with E-state index in [1.54, 1.807) is 0 Å². The number of carbonyl (C=O) groups is 2. The van der Waals surface area contributed by atoms with Crippen LogP contribution in [0.3, 0.4) is 0 Å². The summed E-state index contributed by atoms with van der Waals surface area (Å²) in [5, 5.41) is 11.9. The van der Waals surface area contributed by atoms with Crippen molar-refractivity contribution in [1.29, 1.82) is 0 Å². The Hall–Kier alpha value is -1.84. The summed E-state index contributed by atoms with van der Waals surface area (Å²) >= 11 is 0. The van der Waals surface area contributed by atoms with E-state index in [9.17, 15) is 14.7 Å². The van der Waals surface area contributed by atoms with Crippen LogP contribution in [-0.2, 0) is 9.59 Å². The zero-order valence-electron chi connectivity index (χ0n) is 12.1. The molecule has 4 nitrogen and oxygen atoms in total. The molecule has 0 aliphatic carbocycles. The molecule has 0 saturated heterocycles. The van der Waals surface area contributed by atoms with Gasteiger partial charge in [0, 0.05) is 12.3 Å². The van der Waals surface area contributed by atoms with Gasteiger partial charge in [-0.15, -0.1) is 0 Å². The highest BCUT2D eigenvalue weighted by Crippen LogP contribution is 2.19. The van der Waals surface area contributed by atoms with Crippen molar-refractivity contribution >= 4 is 11.9 Å². The maximum atomic E-state index is 11.8. The van der Waals surface area contributed by atoms with Crippen molar-refractivity contribution in [2.24, 2.45) is 0 Å². The molecular formula is C16H23NO3. The van der Waals surface area contributed by atoms with E-state index >= 15 is 0 Å². The Labute approximate surface area is 120 Å². The fourth-order valence-electron chi connectivity index (χ4n) is 2.13. The molecule has 1 amide bonds.